The van der Waals surface area contributed by atoms with E-state index in [9.17, 15) is 9.59 Å². The minimum absolute atomic E-state index is 0.129. The first kappa shape index (κ1) is 13.9. The summed E-state index contributed by atoms with van der Waals surface area (Å²) in [4.78, 5) is 24.9. The van der Waals surface area contributed by atoms with Gasteiger partial charge < -0.3 is 19.5 Å². The molecular formula is C15H17NO5. The van der Waals surface area contributed by atoms with Gasteiger partial charge in [-0.25, -0.2) is 4.79 Å². The van der Waals surface area contributed by atoms with Gasteiger partial charge in [-0.15, -0.1) is 0 Å². The largest absolute Gasteiger partial charge is 0.479 e. The maximum atomic E-state index is 12.3. The Kier molecular flexibility index (Phi) is 3.55. The molecule has 1 aromatic carbocycles. The van der Waals surface area contributed by atoms with Crippen LogP contribution in [0.4, 0.5) is 5.69 Å². The van der Waals surface area contributed by atoms with Crippen molar-refractivity contribution >= 4 is 17.6 Å². The molecule has 6 heteroatoms. The summed E-state index contributed by atoms with van der Waals surface area (Å²) in [5.74, 6) is -0.409. The highest BCUT2D eigenvalue weighted by molar-refractivity contribution is 5.99. The molecule has 3 atom stereocenters. The molecule has 6 nitrogen and oxygen atoms in total. The van der Waals surface area contributed by atoms with Crippen LogP contribution in [0.5, 0.6) is 5.75 Å². The number of benzene rings is 1. The highest BCUT2D eigenvalue weighted by Crippen LogP contribution is 2.34. The highest BCUT2D eigenvalue weighted by Gasteiger charge is 2.36. The Balaban J connectivity index is 1.78. The molecule has 0 bridgehead atoms. The van der Waals surface area contributed by atoms with Crippen molar-refractivity contribution in [3.8, 4) is 5.75 Å². The van der Waals surface area contributed by atoms with Crippen LogP contribution in [0.15, 0.2) is 24.3 Å². The third kappa shape index (κ3) is 2.58. The van der Waals surface area contributed by atoms with Gasteiger partial charge in [0.15, 0.2) is 12.2 Å². The number of aliphatic carboxylic acids is 1. The predicted molar refractivity (Wildman–Crippen MR) is 74.4 cm³/mol. The summed E-state index contributed by atoms with van der Waals surface area (Å²) >= 11 is 0. The van der Waals surface area contributed by atoms with Gasteiger partial charge >= 0.3 is 5.97 Å². The van der Waals surface area contributed by atoms with Crippen molar-refractivity contribution in [3.05, 3.63) is 24.3 Å². The molecule has 3 unspecified atom stereocenters. The number of fused-ring (bicyclic) bond motifs is 1. The zero-order valence-corrected chi connectivity index (χ0v) is 11.7. The van der Waals surface area contributed by atoms with Crippen molar-refractivity contribution in [2.45, 2.75) is 38.1 Å². The van der Waals surface area contributed by atoms with Crippen LogP contribution >= 0.6 is 0 Å². The Bertz CT molecular complexity index is 573. The van der Waals surface area contributed by atoms with Gasteiger partial charge in [-0.3, -0.25) is 4.79 Å². The van der Waals surface area contributed by atoms with Crippen LogP contribution in [-0.2, 0) is 14.3 Å². The van der Waals surface area contributed by atoms with E-state index in [0.717, 1.165) is 0 Å². The monoisotopic (exact) mass is 291 g/mol. The lowest BCUT2D eigenvalue weighted by Gasteiger charge is -2.34. The number of amides is 1. The fourth-order valence-electron chi connectivity index (χ4n) is 2.77. The molecule has 112 valence electrons. The summed E-state index contributed by atoms with van der Waals surface area (Å²) in [7, 11) is 0. The molecule has 1 saturated heterocycles. The molecule has 0 aliphatic carbocycles. The van der Waals surface area contributed by atoms with Crippen molar-refractivity contribution in [1.82, 2.24) is 0 Å². The van der Waals surface area contributed by atoms with E-state index in [2.05, 4.69) is 0 Å². The number of hydrogen-bond acceptors (Lipinski definition) is 4. The van der Waals surface area contributed by atoms with Gasteiger partial charge in [-0.05, 0) is 31.9 Å². The first-order chi connectivity index (χ1) is 10.1. The highest BCUT2D eigenvalue weighted by atomic mass is 16.5. The molecule has 0 spiro atoms. The molecule has 2 aliphatic rings. The van der Waals surface area contributed by atoms with Crippen molar-refractivity contribution in [1.29, 1.82) is 0 Å². The SMILES string of the molecule is CC1Oc2ccccc2N(CC2CCC(C(=O)O)O2)C1=O. The van der Waals surface area contributed by atoms with Gasteiger partial charge in [0.2, 0.25) is 0 Å². The van der Waals surface area contributed by atoms with E-state index >= 15 is 0 Å². The fraction of sp³-hybridized carbons (Fsp3) is 0.467. The molecule has 2 heterocycles. The summed E-state index contributed by atoms with van der Waals surface area (Å²) in [6.07, 6.45) is -0.447. The van der Waals surface area contributed by atoms with Gasteiger partial charge in [-0.1, -0.05) is 12.1 Å². The molecule has 2 aliphatic heterocycles. The van der Waals surface area contributed by atoms with Crippen LogP contribution in [0, 0.1) is 0 Å². The number of carboxylic acid groups (broad SMARTS) is 1. The first-order valence-corrected chi connectivity index (χ1v) is 7.01. The third-order valence-corrected chi connectivity index (χ3v) is 3.84. The van der Waals surface area contributed by atoms with Crippen molar-refractivity contribution in [2.75, 3.05) is 11.4 Å². The standard InChI is InChI=1S/C15H17NO5/c1-9-14(17)16(11-4-2-3-5-12(11)20-9)8-10-6-7-13(21-10)15(18)19/h2-5,9-10,13H,6-8H2,1H3,(H,18,19). The number of carbonyl (C=O) groups excluding carboxylic acids is 1. The second kappa shape index (κ2) is 5.37. The molecule has 21 heavy (non-hydrogen) atoms. The minimum Gasteiger partial charge on any atom is -0.479 e. The summed E-state index contributed by atoms with van der Waals surface area (Å²) in [5, 5.41) is 8.96. The zero-order valence-electron chi connectivity index (χ0n) is 11.7. The summed E-state index contributed by atoms with van der Waals surface area (Å²) in [5.41, 5.74) is 0.711. The Morgan fingerprint density at radius 3 is 2.86 bits per heavy atom. The third-order valence-electron chi connectivity index (χ3n) is 3.84. The number of hydrogen-bond donors (Lipinski definition) is 1. The number of anilines is 1. The molecule has 1 N–H and O–H groups in total. The van der Waals surface area contributed by atoms with Crippen molar-refractivity contribution in [3.63, 3.8) is 0 Å². The molecular weight excluding hydrogens is 274 g/mol. The number of carboxylic acids is 1. The molecule has 1 fully saturated rings. The molecule has 0 aromatic heterocycles. The lowest BCUT2D eigenvalue weighted by atomic mass is 10.1. The number of rotatable bonds is 3. The zero-order chi connectivity index (χ0) is 15.0. The summed E-state index contributed by atoms with van der Waals surface area (Å²) < 4.78 is 11.1. The Labute approximate surface area is 122 Å². The maximum absolute atomic E-state index is 12.3. The van der Waals surface area contributed by atoms with E-state index in [1.807, 2.05) is 24.3 Å². The lowest BCUT2D eigenvalue weighted by molar-refractivity contribution is -0.149. The van der Waals surface area contributed by atoms with E-state index in [1.165, 1.54) is 0 Å². The van der Waals surface area contributed by atoms with Crippen LogP contribution in [0.3, 0.4) is 0 Å². The summed E-state index contributed by atoms with van der Waals surface area (Å²) in [6, 6.07) is 7.34. The van der Waals surface area contributed by atoms with Gasteiger partial charge in [0.1, 0.15) is 5.75 Å². The van der Waals surface area contributed by atoms with Crippen molar-refractivity contribution in [2.24, 2.45) is 0 Å². The smallest absolute Gasteiger partial charge is 0.332 e. The van der Waals surface area contributed by atoms with Crippen LogP contribution in [0.2, 0.25) is 0 Å². The topological polar surface area (TPSA) is 76.1 Å². The van der Waals surface area contributed by atoms with Gasteiger partial charge in [0.05, 0.1) is 18.3 Å². The van der Waals surface area contributed by atoms with Gasteiger partial charge in [-0.2, -0.15) is 0 Å². The van der Waals surface area contributed by atoms with Crippen LogP contribution in [0.1, 0.15) is 19.8 Å². The average Bonchev–Trinajstić information content (AvgIpc) is 2.93. The Morgan fingerprint density at radius 2 is 2.14 bits per heavy atom. The van der Waals surface area contributed by atoms with E-state index in [0.29, 0.717) is 30.8 Å². The molecule has 3 rings (SSSR count). The number of ether oxygens (including phenoxy) is 2. The van der Waals surface area contributed by atoms with E-state index in [-0.39, 0.29) is 12.0 Å². The van der Waals surface area contributed by atoms with E-state index in [1.54, 1.807) is 11.8 Å². The van der Waals surface area contributed by atoms with E-state index in [4.69, 9.17) is 14.6 Å². The normalized spacial score (nSPS) is 28.1. The van der Waals surface area contributed by atoms with E-state index < -0.39 is 18.2 Å². The maximum Gasteiger partial charge on any atom is 0.332 e. The summed E-state index contributed by atoms with van der Waals surface area (Å²) in [6.45, 7) is 2.06. The second-order valence-electron chi connectivity index (χ2n) is 5.34. The van der Waals surface area contributed by atoms with Crippen LogP contribution < -0.4 is 9.64 Å². The molecule has 1 amide bonds. The average molecular weight is 291 g/mol. The molecule has 0 saturated carbocycles. The molecule has 0 radical (unpaired) electrons. The fourth-order valence-corrected chi connectivity index (χ4v) is 2.77. The van der Waals surface area contributed by atoms with Gasteiger partial charge in [0.25, 0.3) is 5.91 Å². The van der Waals surface area contributed by atoms with Crippen LogP contribution in [-0.4, -0.2) is 41.8 Å². The number of nitrogens with zero attached hydrogens (tertiary/aromatic N) is 1. The van der Waals surface area contributed by atoms with Crippen LogP contribution in [0.25, 0.3) is 0 Å². The predicted octanol–water partition coefficient (Wildman–Crippen LogP) is 1.43. The molecule has 1 aromatic rings. The number of para-hydroxylation sites is 2. The number of carbonyl (C=O) groups is 2. The first-order valence-electron chi connectivity index (χ1n) is 7.01. The Hall–Kier alpha value is -2.08. The Morgan fingerprint density at radius 1 is 1.38 bits per heavy atom. The lowest BCUT2D eigenvalue weighted by Crippen LogP contribution is -2.47. The van der Waals surface area contributed by atoms with Crippen molar-refractivity contribution < 1.29 is 24.2 Å². The van der Waals surface area contributed by atoms with Gasteiger partial charge in [0, 0.05) is 0 Å². The second-order valence-corrected chi connectivity index (χ2v) is 5.34. The minimum atomic E-state index is -0.945. The quantitative estimate of drug-likeness (QED) is 0.911.